The highest BCUT2D eigenvalue weighted by Crippen LogP contribution is 2.10. The van der Waals surface area contributed by atoms with Gasteiger partial charge < -0.3 is 9.64 Å². The van der Waals surface area contributed by atoms with Crippen LogP contribution < -0.4 is 10.2 Å². The van der Waals surface area contributed by atoms with Crippen LogP contribution in [0.3, 0.4) is 0 Å². The molecule has 0 spiro atoms. The van der Waals surface area contributed by atoms with E-state index >= 15 is 0 Å². The van der Waals surface area contributed by atoms with Crippen molar-refractivity contribution in [2.75, 3.05) is 20.2 Å². The van der Waals surface area contributed by atoms with Gasteiger partial charge in [-0.05, 0) is 31.6 Å². The zero-order chi connectivity index (χ0) is 13.0. The smallest absolute Gasteiger partial charge is 0.189 e. The van der Waals surface area contributed by atoms with Crippen LogP contribution in [0.25, 0.3) is 0 Å². The number of likely N-dealkylation sites (tertiary alicyclic amines) is 1. The second kappa shape index (κ2) is 5.77. The number of hydrogen-bond acceptors (Lipinski definition) is 4. The van der Waals surface area contributed by atoms with Crippen molar-refractivity contribution in [3.05, 3.63) is 24.0 Å². The molecule has 1 saturated heterocycles. The Balaban J connectivity index is 2.00. The summed E-state index contributed by atoms with van der Waals surface area (Å²) in [6, 6.07) is 3.64. The number of pyridine rings is 1. The molecule has 6 heteroatoms. The van der Waals surface area contributed by atoms with Crippen LogP contribution in [0, 0.1) is 0 Å². The van der Waals surface area contributed by atoms with Crippen molar-refractivity contribution in [1.82, 2.24) is 15.3 Å². The number of nitrogens with zero attached hydrogens (tertiary/aromatic N) is 3. The van der Waals surface area contributed by atoms with Gasteiger partial charge in [0.25, 0.3) is 0 Å². The van der Waals surface area contributed by atoms with E-state index in [4.69, 9.17) is 17.0 Å². The molecule has 1 N–H and O–H groups in total. The van der Waals surface area contributed by atoms with Gasteiger partial charge in [-0.2, -0.15) is 5.10 Å². The number of ether oxygens (including phenoxy) is 1. The molecule has 18 heavy (non-hydrogen) atoms. The zero-order valence-corrected chi connectivity index (χ0v) is 11.3. The Labute approximate surface area is 112 Å². The summed E-state index contributed by atoms with van der Waals surface area (Å²) >= 11 is 5.21. The Morgan fingerprint density at radius 2 is 2.33 bits per heavy atom. The van der Waals surface area contributed by atoms with Gasteiger partial charge in [0.2, 0.25) is 0 Å². The van der Waals surface area contributed by atoms with E-state index in [1.165, 1.54) is 6.42 Å². The molecule has 0 unspecified atom stereocenters. The molecule has 0 aromatic carbocycles. The van der Waals surface area contributed by atoms with E-state index in [0.29, 0.717) is 5.11 Å². The highest BCUT2D eigenvalue weighted by atomic mass is 32.1. The monoisotopic (exact) mass is 264 g/mol. The molecule has 5 nitrogen and oxygen atoms in total. The van der Waals surface area contributed by atoms with E-state index in [0.717, 1.165) is 30.2 Å². The third-order valence-corrected chi connectivity index (χ3v) is 3.15. The largest absolute Gasteiger partial charge is 0.497 e. The van der Waals surface area contributed by atoms with Gasteiger partial charge in [0.1, 0.15) is 5.75 Å². The van der Waals surface area contributed by atoms with Crippen LogP contribution in [0.5, 0.6) is 5.75 Å². The van der Waals surface area contributed by atoms with Crippen LogP contribution in [0.1, 0.15) is 19.0 Å². The molecule has 1 aliphatic rings. The molecule has 96 valence electrons. The van der Waals surface area contributed by atoms with Gasteiger partial charge in [-0.1, -0.05) is 0 Å². The first-order valence-corrected chi connectivity index (χ1v) is 6.21. The van der Waals surface area contributed by atoms with Crippen LogP contribution in [-0.2, 0) is 0 Å². The van der Waals surface area contributed by atoms with Gasteiger partial charge >= 0.3 is 0 Å². The molecule has 2 heterocycles. The molecular weight excluding hydrogens is 248 g/mol. The summed E-state index contributed by atoms with van der Waals surface area (Å²) in [5.41, 5.74) is 4.43. The van der Waals surface area contributed by atoms with Crippen molar-refractivity contribution < 1.29 is 4.74 Å². The fourth-order valence-electron chi connectivity index (χ4n) is 1.51. The topological polar surface area (TPSA) is 49.8 Å². The lowest BCUT2D eigenvalue weighted by Gasteiger charge is -2.32. The van der Waals surface area contributed by atoms with E-state index < -0.39 is 0 Å². The van der Waals surface area contributed by atoms with Crippen molar-refractivity contribution in [1.29, 1.82) is 0 Å². The van der Waals surface area contributed by atoms with Gasteiger partial charge in [0.15, 0.2) is 5.11 Å². The number of hydrogen-bond donors (Lipinski definition) is 1. The molecule has 2 rings (SSSR count). The second-order valence-electron chi connectivity index (χ2n) is 4.04. The number of rotatable bonds is 3. The molecule has 0 amide bonds. The standard InChI is InChI=1S/C12H16N4OS/c1-9(11-8-10(17-2)4-5-13-11)14-15-12(18)16-6-3-7-16/h4-5,8H,3,6-7H2,1-2H3,(H,15,18). The molecule has 1 fully saturated rings. The van der Waals surface area contributed by atoms with Crippen molar-refractivity contribution in [2.24, 2.45) is 5.10 Å². The third-order valence-electron chi connectivity index (χ3n) is 2.80. The van der Waals surface area contributed by atoms with Crippen LogP contribution in [0.4, 0.5) is 0 Å². The van der Waals surface area contributed by atoms with Crippen molar-refractivity contribution in [2.45, 2.75) is 13.3 Å². The molecule has 0 saturated carbocycles. The van der Waals surface area contributed by atoms with Crippen LogP contribution in [0.2, 0.25) is 0 Å². The maximum absolute atomic E-state index is 5.21. The van der Waals surface area contributed by atoms with Crippen LogP contribution in [0.15, 0.2) is 23.4 Å². The van der Waals surface area contributed by atoms with Crippen molar-refractivity contribution >= 4 is 23.0 Å². The molecule has 0 atom stereocenters. The van der Waals surface area contributed by atoms with Gasteiger partial charge in [-0.3, -0.25) is 10.4 Å². The summed E-state index contributed by atoms with van der Waals surface area (Å²) in [6.45, 7) is 3.91. The molecule has 0 radical (unpaired) electrons. The molecule has 1 aromatic heterocycles. The minimum atomic E-state index is 0.670. The zero-order valence-electron chi connectivity index (χ0n) is 10.5. The number of thiocarbonyl (C=S) groups is 1. The predicted octanol–water partition coefficient (Wildman–Crippen LogP) is 1.39. The Morgan fingerprint density at radius 1 is 1.56 bits per heavy atom. The molecule has 1 aromatic rings. The molecule has 0 aliphatic carbocycles. The van der Waals surface area contributed by atoms with Gasteiger partial charge in [0.05, 0.1) is 18.5 Å². The first-order chi connectivity index (χ1) is 8.70. The Morgan fingerprint density at radius 3 is 2.94 bits per heavy atom. The number of methoxy groups -OCH3 is 1. The van der Waals surface area contributed by atoms with Crippen LogP contribution in [-0.4, -0.2) is 40.9 Å². The summed E-state index contributed by atoms with van der Waals surface area (Å²) in [4.78, 5) is 6.31. The molecule has 0 bridgehead atoms. The van der Waals surface area contributed by atoms with E-state index in [9.17, 15) is 0 Å². The Bertz CT molecular complexity index is 471. The normalized spacial score (nSPS) is 15.0. The summed E-state index contributed by atoms with van der Waals surface area (Å²) in [6.07, 6.45) is 2.89. The fraction of sp³-hybridized carbons (Fsp3) is 0.417. The number of aromatic nitrogens is 1. The highest BCUT2D eigenvalue weighted by Gasteiger charge is 2.16. The molecule has 1 aliphatic heterocycles. The van der Waals surface area contributed by atoms with Gasteiger partial charge in [-0.25, -0.2) is 0 Å². The lowest BCUT2D eigenvalue weighted by Crippen LogP contribution is -2.46. The van der Waals surface area contributed by atoms with Gasteiger partial charge in [-0.15, -0.1) is 0 Å². The maximum atomic E-state index is 5.21. The van der Waals surface area contributed by atoms with Crippen molar-refractivity contribution in [3.8, 4) is 5.75 Å². The Hall–Kier alpha value is -1.69. The quantitative estimate of drug-likeness (QED) is 0.508. The maximum Gasteiger partial charge on any atom is 0.189 e. The lowest BCUT2D eigenvalue weighted by molar-refractivity contribution is 0.296. The van der Waals surface area contributed by atoms with E-state index in [1.54, 1.807) is 19.4 Å². The first kappa shape index (κ1) is 12.8. The van der Waals surface area contributed by atoms with Crippen molar-refractivity contribution in [3.63, 3.8) is 0 Å². The average Bonchev–Trinajstić information content (AvgIpc) is 2.34. The molecular formula is C12H16N4OS. The lowest BCUT2D eigenvalue weighted by atomic mass is 10.2. The summed E-state index contributed by atoms with van der Waals surface area (Å²) in [5.74, 6) is 0.764. The Kier molecular flexibility index (Phi) is 4.09. The first-order valence-electron chi connectivity index (χ1n) is 5.80. The third kappa shape index (κ3) is 2.95. The van der Waals surface area contributed by atoms with E-state index in [-0.39, 0.29) is 0 Å². The average molecular weight is 264 g/mol. The predicted molar refractivity (Wildman–Crippen MR) is 74.9 cm³/mol. The van der Waals surface area contributed by atoms with E-state index in [1.807, 2.05) is 13.0 Å². The summed E-state index contributed by atoms with van der Waals surface area (Å²) < 4.78 is 5.15. The summed E-state index contributed by atoms with van der Waals surface area (Å²) in [7, 11) is 1.63. The second-order valence-corrected chi connectivity index (χ2v) is 4.42. The number of nitrogens with one attached hydrogen (secondary N) is 1. The van der Waals surface area contributed by atoms with E-state index in [2.05, 4.69) is 20.4 Å². The number of hydrazone groups is 1. The minimum Gasteiger partial charge on any atom is -0.497 e. The SMILES string of the molecule is COc1ccnc(C(C)=NNC(=S)N2CCC2)c1. The van der Waals surface area contributed by atoms with Gasteiger partial charge in [0, 0.05) is 25.4 Å². The minimum absolute atomic E-state index is 0.670. The fourth-order valence-corrected chi connectivity index (χ4v) is 1.74. The summed E-state index contributed by atoms with van der Waals surface area (Å²) in [5, 5.41) is 4.91. The van der Waals surface area contributed by atoms with Crippen LogP contribution >= 0.6 is 12.2 Å². The highest BCUT2D eigenvalue weighted by molar-refractivity contribution is 7.80.